The third-order valence-corrected chi connectivity index (χ3v) is 3.27. The molecule has 0 aromatic heterocycles. The maximum absolute atomic E-state index is 12.0. The molecular formula is C15H21NO3. The lowest BCUT2D eigenvalue weighted by Crippen LogP contribution is -2.45. The number of nitrogens with zero attached hydrogens (tertiary/aromatic N) is 1. The van der Waals surface area contributed by atoms with Gasteiger partial charge >= 0.3 is 0 Å². The Balaban J connectivity index is 1.72. The minimum atomic E-state index is 0.151. The second-order valence-electron chi connectivity index (χ2n) is 4.65. The molecule has 0 N–H and O–H groups in total. The maximum Gasteiger partial charge on any atom is 0.226 e. The number of hydrogen-bond acceptors (Lipinski definition) is 3. The molecule has 1 aromatic rings. The number of rotatable bonds is 5. The Morgan fingerprint density at radius 2 is 2.21 bits per heavy atom. The number of carbonyl (C=O) groups is 1. The van der Waals surface area contributed by atoms with E-state index >= 15 is 0 Å². The van der Waals surface area contributed by atoms with Crippen LogP contribution in [0.3, 0.4) is 0 Å². The van der Waals surface area contributed by atoms with E-state index in [1.54, 1.807) is 0 Å². The first-order valence-corrected chi connectivity index (χ1v) is 6.87. The van der Waals surface area contributed by atoms with Gasteiger partial charge in [-0.1, -0.05) is 25.1 Å². The number of para-hydroxylation sites is 1. The summed E-state index contributed by atoms with van der Waals surface area (Å²) in [7, 11) is 0. The monoisotopic (exact) mass is 263 g/mol. The lowest BCUT2D eigenvalue weighted by atomic mass is 10.2. The number of ether oxygens (including phenoxy) is 2. The highest BCUT2D eigenvalue weighted by Gasteiger charge is 2.22. The van der Waals surface area contributed by atoms with Crippen LogP contribution in [0.4, 0.5) is 0 Å². The summed E-state index contributed by atoms with van der Waals surface area (Å²) in [5.41, 5.74) is 0. The van der Waals surface area contributed by atoms with Crippen LogP contribution in [0.5, 0.6) is 5.75 Å². The van der Waals surface area contributed by atoms with Crippen LogP contribution in [0.25, 0.3) is 0 Å². The summed E-state index contributed by atoms with van der Waals surface area (Å²) in [5, 5.41) is 0. The molecule has 2 rings (SSSR count). The Kier molecular flexibility index (Phi) is 5.21. The zero-order chi connectivity index (χ0) is 13.5. The Morgan fingerprint density at radius 1 is 1.42 bits per heavy atom. The van der Waals surface area contributed by atoms with E-state index in [2.05, 4.69) is 6.92 Å². The zero-order valence-corrected chi connectivity index (χ0v) is 11.4. The number of carbonyl (C=O) groups excluding carboxylic acids is 1. The van der Waals surface area contributed by atoms with Crippen molar-refractivity contribution in [2.75, 3.05) is 26.3 Å². The Hall–Kier alpha value is -1.55. The highest BCUT2D eigenvalue weighted by atomic mass is 16.5. The van der Waals surface area contributed by atoms with Crippen molar-refractivity contribution in [3.63, 3.8) is 0 Å². The fourth-order valence-electron chi connectivity index (χ4n) is 2.12. The van der Waals surface area contributed by atoms with Crippen LogP contribution in [0.2, 0.25) is 0 Å². The lowest BCUT2D eigenvalue weighted by molar-refractivity contribution is -0.139. The van der Waals surface area contributed by atoms with Crippen LogP contribution >= 0.6 is 0 Å². The van der Waals surface area contributed by atoms with Crippen LogP contribution < -0.4 is 4.74 Å². The Morgan fingerprint density at radius 3 is 2.95 bits per heavy atom. The van der Waals surface area contributed by atoms with Gasteiger partial charge in [-0.15, -0.1) is 0 Å². The lowest BCUT2D eigenvalue weighted by Gasteiger charge is -2.32. The van der Waals surface area contributed by atoms with Crippen molar-refractivity contribution in [1.82, 2.24) is 4.90 Å². The highest BCUT2D eigenvalue weighted by Crippen LogP contribution is 2.11. The van der Waals surface area contributed by atoms with Crippen LogP contribution in [-0.2, 0) is 9.53 Å². The maximum atomic E-state index is 12.0. The molecule has 4 nitrogen and oxygen atoms in total. The summed E-state index contributed by atoms with van der Waals surface area (Å²) in [6.45, 7) is 4.55. The minimum Gasteiger partial charge on any atom is -0.493 e. The molecule has 1 saturated heterocycles. The van der Waals surface area contributed by atoms with Gasteiger partial charge < -0.3 is 14.4 Å². The topological polar surface area (TPSA) is 38.8 Å². The SMILES string of the molecule is CC[C@H]1CN(C(=O)CCOc2ccccc2)CCO1. The first kappa shape index (κ1) is 13.9. The molecule has 19 heavy (non-hydrogen) atoms. The van der Waals surface area contributed by atoms with E-state index in [9.17, 15) is 4.79 Å². The second kappa shape index (κ2) is 7.14. The van der Waals surface area contributed by atoms with Gasteiger partial charge in [0.15, 0.2) is 0 Å². The molecule has 0 saturated carbocycles. The van der Waals surface area contributed by atoms with E-state index in [1.807, 2.05) is 35.2 Å². The first-order chi connectivity index (χ1) is 9.29. The van der Waals surface area contributed by atoms with E-state index in [1.165, 1.54) is 0 Å². The molecule has 0 aliphatic carbocycles. The third kappa shape index (κ3) is 4.24. The van der Waals surface area contributed by atoms with Gasteiger partial charge in [-0.25, -0.2) is 0 Å². The van der Waals surface area contributed by atoms with Gasteiger partial charge in [0.2, 0.25) is 5.91 Å². The van der Waals surface area contributed by atoms with Crippen LogP contribution in [0.15, 0.2) is 30.3 Å². The average Bonchev–Trinajstić information content (AvgIpc) is 2.48. The van der Waals surface area contributed by atoms with Gasteiger partial charge in [0, 0.05) is 13.1 Å². The van der Waals surface area contributed by atoms with E-state index < -0.39 is 0 Å². The molecule has 1 aromatic carbocycles. The van der Waals surface area contributed by atoms with Crippen LogP contribution in [-0.4, -0.2) is 43.2 Å². The second-order valence-corrected chi connectivity index (χ2v) is 4.65. The average molecular weight is 263 g/mol. The van der Waals surface area contributed by atoms with E-state index in [-0.39, 0.29) is 12.0 Å². The van der Waals surface area contributed by atoms with Gasteiger partial charge in [0.25, 0.3) is 0 Å². The molecule has 4 heteroatoms. The third-order valence-electron chi connectivity index (χ3n) is 3.27. The fraction of sp³-hybridized carbons (Fsp3) is 0.533. The Bertz CT molecular complexity index is 394. The van der Waals surface area contributed by atoms with E-state index in [4.69, 9.17) is 9.47 Å². The molecule has 1 aliphatic heterocycles. The molecule has 1 amide bonds. The van der Waals surface area contributed by atoms with Gasteiger partial charge in [0.05, 0.1) is 25.7 Å². The molecule has 0 bridgehead atoms. The van der Waals surface area contributed by atoms with Crippen molar-refractivity contribution in [3.05, 3.63) is 30.3 Å². The predicted molar refractivity (Wildman–Crippen MR) is 73.2 cm³/mol. The molecule has 1 atom stereocenters. The van der Waals surface area contributed by atoms with Crippen molar-refractivity contribution in [3.8, 4) is 5.75 Å². The molecule has 0 radical (unpaired) electrons. The van der Waals surface area contributed by atoms with Crippen molar-refractivity contribution < 1.29 is 14.3 Å². The molecule has 1 aliphatic rings. The largest absolute Gasteiger partial charge is 0.493 e. The Labute approximate surface area is 114 Å². The first-order valence-electron chi connectivity index (χ1n) is 6.87. The summed E-state index contributed by atoms with van der Waals surface area (Å²) < 4.78 is 11.1. The summed E-state index contributed by atoms with van der Waals surface area (Å²) in [6, 6.07) is 9.57. The number of morpholine rings is 1. The molecule has 1 heterocycles. The highest BCUT2D eigenvalue weighted by molar-refractivity contribution is 5.76. The molecular weight excluding hydrogens is 242 g/mol. The summed E-state index contributed by atoms with van der Waals surface area (Å²) in [6.07, 6.45) is 1.56. The number of benzene rings is 1. The molecule has 104 valence electrons. The smallest absolute Gasteiger partial charge is 0.226 e. The van der Waals surface area contributed by atoms with Crippen molar-refractivity contribution >= 4 is 5.91 Å². The summed E-state index contributed by atoms with van der Waals surface area (Å²) >= 11 is 0. The predicted octanol–water partition coefficient (Wildman–Crippen LogP) is 2.09. The fourth-order valence-corrected chi connectivity index (χ4v) is 2.12. The normalized spacial score (nSPS) is 19.2. The molecule has 0 spiro atoms. The van der Waals surface area contributed by atoms with Gasteiger partial charge in [-0.05, 0) is 18.6 Å². The van der Waals surface area contributed by atoms with Gasteiger partial charge in [-0.3, -0.25) is 4.79 Å². The van der Waals surface area contributed by atoms with E-state index in [0.29, 0.717) is 32.7 Å². The molecule has 0 unspecified atom stereocenters. The van der Waals surface area contributed by atoms with Gasteiger partial charge in [-0.2, -0.15) is 0 Å². The standard InChI is InChI=1S/C15H21NO3/c1-2-13-12-16(9-11-19-13)15(17)8-10-18-14-6-4-3-5-7-14/h3-7,13H,2,8-12H2,1H3/t13-/m0/s1. The zero-order valence-electron chi connectivity index (χ0n) is 11.4. The van der Waals surface area contributed by atoms with Crippen LogP contribution in [0, 0.1) is 0 Å². The number of hydrogen-bond donors (Lipinski definition) is 0. The van der Waals surface area contributed by atoms with Crippen molar-refractivity contribution in [2.45, 2.75) is 25.9 Å². The van der Waals surface area contributed by atoms with Gasteiger partial charge in [0.1, 0.15) is 5.75 Å². The number of amides is 1. The van der Waals surface area contributed by atoms with Crippen molar-refractivity contribution in [1.29, 1.82) is 0 Å². The molecule has 1 fully saturated rings. The summed E-state index contributed by atoms with van der Waals surface area (Å²) in [5.74, 6) is 0.960. The minimum absolute atomic E-state index is 0.151. The van der Waals surface area contributed by atoms with Crippen LogP contribution in [0.1, 0.15) is 19.8 Å². The quantitative estimate of drug-likeness (QED) is 0.816. The summed E-state index contributed by atoms with van der Waals surface area (Å²) in [4.78, 5) is 13.9. The van der Waals surface area contributed by atoms with Crippen molar-refractivity contribution in [2.24, 2.45) is 0 Å². The van der Waals surface area contributed by atoms with E-state index in [0.717, 1.165) is 12.2 Å².